The van der Waals surface area contributed by atoms with Gasteiger partial charge >= 0.3 is 6.09 Å². The Kier molecular flexibility index (Phi) is 5.99. The van der Waals surface area contributed by atoms with Gasteiger partial charge in [-0.25, -0.2) is 4.79 Å². The minimum absolute atomic E-state index is 0.0490. The molecule has 0 radical (unpaired) electrons. The summed E-state index contributed by atoms with van der Waals surface area (Å²) in [6, 6.07) is 6.97. The van der Waals surface area contributed by atoms with Crippen molar-refractivity contribution in [1.29, 1.82) is 5.26 Å². The fraction of sp³-hybridized carbons (Fsp3) is 0.550. The average Bonchev–Trinajstić information content (AvgIpc) is 2.70. The number of fused-ring (bicyclic) bond motifs is 1. The second-order valence-electron chi connectivity index (χ2n) is 7.95. The van der Waals surface area contributed by atoms with Crippen LogP contribution in [0, 0.1) is 11.3 Å². The van der Waals surface area contributed by atoms with Crippen molar-refractivity contribution in [3.05, 3.63) is 29.3 Å². The standard InChI is InChI=1S/C20H27N3O4/c1-13(2)23-12-15(11-22(6)19(25)27-20(3,4)5)26-17-14(10-21)8-7-9-16(17)18(23)24/h7-9,13,15H,11-12H2,1-6H3/t15-/m1/s1. The number of hydrogen-bond acceptors (Lipinski definition) is 5. The first-order valence-corrected chi connectivity index (χ1v) is 8.98. The van der Waals surface area contributed by atoms with Crippen LogP contribution in [-0.2, 0) is 4.74 Å². The first-order valence-electron chi connectivity index (χ1n) is 8.98. The molecule has 0 spiro atoms. The summed E-state index contributed by atoms with van der Waals surface area (Å²) in [5.74, 6) is 0.0928. The molecule has 7 nitrogen and oxygen atoms in total. The van der Waals surface area contributed by atoms with E-state index in [0.29, 0.717) is 17.7 Å². The maximum atomic E-state index is 12.9. The van der Waals surface area contributed by atoms with Gasteiger partial charge in [0.25, 0.3) is 5.91 Å². The van der Waals surface area contributed by atoms with Crippen molar-refractivity contribution in [2.75, 3.05) is 20.1 Å². The van der Waals surface area contributed by atoms with Gasteiger partial charge < -0.3 is 19.3 Å². The van der Waals surface area contributed by atoms with E-state index in [1.807, 2.05) is 13.8 Å². The van der Waals surface area contributed by atoms with Gasteiger partial charge in [-0.2, -0.15) is 5.26 Å². The Morgan fingerprint density at radius 2 is 2.11 bits per heavy atom. The van der Waals surface area contributed by atoms with E-state index >= 15 is 0 Å². The van der Waals surface area contributed by atoms with E-state index < -0.39 is 17.8 Å². The first kappa shape index (κ1) is 20.6. The van der Waals surface area contributed by atoms with Gasteiger partial charge in [-0.05, 0) is 46.8 Å². The molecule has 1 aliphatic rings. The molecule has 0 saturated carbocycles. The number of amides is 2. The fourth-order valence-electron chi connectivity index (χ4n) is 2.84. The van der Waals surface area contributed by atoms with E-state index in [1.165, 1.54) is 4.90 Å². The van der Waals surface area contributed by atoms with Gasteiger partial charge in [0.1, 0.15) is 23.5 Å². The van der Waals surface area contributed by atoms with Gasteiger partial charge in [-0.3, -0.25) is 4.79 Å². The average molecular weight is 373 g/mol. The molecule has 0 bridgehead atoms. The Labute approximate surface area is 160 Å². The van der Waals surface area contributed by atoms with Crippen molar-refractivity contribution in [1.82, 2.24) is 9.80 Å². The fourth-order valence-corrected chi connectivity index (χ4v) is 2.84. The zero-order valence-electron chi connectivity index (χ0n) is 16.8. The van der Waals surface area contributed by atoms with Crippen molar-refractivity contribution < 1.29 is 19.1 Å². The van der Waals surface area contributed by atoms with Gasteiger partial charge in [-0.15, -0.1) is 0 Å². The SMILES string of the molecule is CC(C)N1C[C@@H](CN(C)C(=O)OC(C)(C)C)Oc2c(C#N)cccc2C1=O. The maximum absolute atomic E-state index is 12.9. The zero-order valence-corrected chi connectivity index (χ0v) is 16.8. The molecule has 0 fully saturated rings. The molecule has 0 N–H and O–H groups in total. The number of nitrogens with zero attached hydrogens (tertiary/aromatic N) is 3. The molecule has 0 unspecified atom stereocenters. The van der Waals surface area contributed by atoms with Gasteiger partial charge in [0, 0.05) is 13.1 Å². The summed E-state index contributed by atoms with van der Waals surface area (Å²) >= 11 is 0. The molecule has 1 aliphatic heterocycles. The van der Waals surface area contributed by atoms with Crippen molar-refractivity contribution in [3.8, 4) is 11.8 Å². The van der Waals surface area contributed by atoms with Crippen LogP contribution < -0.4 is 4.74 Å². The van der Waals surface area contributed by atoms with Crippen LogP contribution in [0.4, 0.5) is 4.79 Å². The lowest BCUT2D eigenvalue weighted by Gasteiger charge is -2.30. The molecule has 1 heterocycles. The third-order valence-electron chi connectivity index (χ3n) is 4.12. The third kappa shape index (κ3) is 4.91. The Bertz CT molecular complexity index is 761. The number of likely N-dealkylation sites (N-methyl/N-ethyl adjacent to an activating group) is 1. The van der Waals surface area contributed by atoms with E-state index in [1.54, 1.807) is 50.9 Å². The normalized spacial score (nSPS) is 16.9. The number of para-hydroxylation sites is 1. The lowest BCUT2D eigenvalue weighted by molar-refractivity contribution is 0.0201. The maximum Gasteiger partial charge on any atom is 0.410 e. The van der Waals surface area contributed by atoms with Gasteiger partial charge in [-0.1, -0.05) is 6.07 Å². The van der Waals surface area contributed by atoms with Crippen LogP contribution in [0.25, 0.3) is 0 Å². The molecular formula is C20H27N3O4. The number of nitriles is 1. The molecule has 0 saturated heterocycles. The number of rotatable bonds is 3. The van der Waals surface area contributed by atoms with Crippen molar-refractivity contribution >= 4 is 12.0 Å². The summed E-state index contributed by atoms with van der Waals surface area (Å²) < 4.78 is 11.4. The van der Waals surface area contributed by atoms with Crippen LogP contribution in [0.15, 0.2) is 18.2 Å². The van der Waals surface area contributed by atoms with E-state index in [9.17, 15) is 14.9 Å². The molecule has 2 rings (SSSR count). The van der Waals surface area contributed by atoms with Crippen LogP contribution in [0.2, 0.25) is 0 Å². The van der Waals surface area contributed by atoms with Crippen molar-refractivity contribution in [2.24, 2.45) is 0 Å². The Hall–Kier alpha value is -2.75. The monoisotopic (exact) mass is 373 g/mol. The van der Waals surface area contributed by atoms with E-state index in [2.05, 4.69) is 6.07 Å². The van der Waals surface area contributed by atoms with Crippen LogP contribution >= 0.6 is 0 Å². The summed E-state index contributed by atoms with van der Waals surface area (Å²) in [7, 11) is 1.63. The highest BCUT2D eigenvalue weighted by atomic mass is 16.6. The van der Waals surface area contributed by atoms with Crippen molar-refractivity contribution in [2.45, 2.75) is 52.4 Å². The van der Waals surface area contributed by atoms with Gasteiger partial charge in [0.05, 0.1) is 24.2 Å². The predicted octanol–water partition coefficient (Wildman–Crippen LogP) is 3.04. The molecule has 1 aromatic rings. The molecule has 27 heavy (non-hydrogen) atoms. The van der Waals surface area contributed by atoms with Crippen LogP contribution in [0.1, 0.15) is 50.5 Å². The summed E-state index contributed by atoms with van der Waals surface area (Å²) in [4.78, 5) is 28.3. The number of carbonyl (C=O) groups is 2. The lowest BCUT2D eigenvalue weighted by Crippen LogP contribution is -2.47. The summed E-state index contributed by atoms with van der Waals surface area (Å²) in [6.07, 6.45) is -0.948. The third-order valence-corrected chi connectivity index (χ3v) is 4.12. The second-order valence-corrected chi connectivity index (χ2v) is 7.95. The predicted molar refractivity (Wildman–Crippen MR) is 101 cm³/mol. The highest BCUT2D eigenvalue weighted by molar-refractivity contribution is 5.98. The van der Waals surface area contributed by atoms with Crippen LogP contribution in [0.5, 0.6) is 5.75 Å². The number of carbonyl (C=O) groups excluding carboxylic acids is 2. The molecule has 1 atom stereocenters. The minimum atomic E-state index is -0.601. The molecular weight excluding hydrogens is 346 g/mol. The minimum Gasteiger partial charge on any atom is -0.484 e. The van der Waals surface area contributed by atoms with Gasteiger partial charge in [0.15, 0.2) is 0 Å². The smallest absolute Gasteiger partial charge is 0.410 e. The Balaban J connectivity index is 2.31. The number of hydrogen-bond donors (Lipinski definition) is 0. The van der Waals surface area contributed by atoms with Crippen LogP contribution in [0.3, 0.4) is 0 Å². The molecule has 1 aromatic carbocycles. The highest BCUT2D eigenvalue weighted by Gasteiger charge is 2.33. The first-order chi connectivity index (χ1) is 12.5. The second kappa shape index (κ2) is 7.87. The van der Waals surface area contributed by atoms with Crippen molar-refractivity contribution in [3.63, 3.8) is 0 Å². The molecule has 7 heteroatoms. The highest BCUT2D eigenvalue weighted by Crippen LogP contribution is 2.30. The summed E-state index contributed by atoms with van der Waals surface area (Å²) in [5.41, 5.74) is 0.0671. The molecule has 0 aliphatic carbocycles. The zero-order chi connectivity index (χ0) is 20.4. The van der Waals surface area contributed by atoms with E-state index in [0.717, 1.165) is 0 Å². The van der Waals surface area contributed by atoms with Gasteiger partial charge in [0.2, 0.25) is 0 Å². The molecule has 146 valence electrons. The molecule has 2 amide bonds. The number of ether oxygens (including phenoxy) is 2. The quantitative estimate of drug-likeness (QED) is 0.813. The Morgan fingerprint density at radius 1 is 1.44 bits per heavy atom. The van der Waals surface area contributed by atoms with Crippen LogP contribution in [-0.4, -0.2) is 59.7 Å². The number of benzene rings is 1. The van der Waals surface area contributed by atoms with E-state index in [-0.39, 0.29) is 24.2 Å². The largest absolute Gasteiger partial charge is 0.484 e. The summed E-state index contributed by atoms with van der Waals surface area (Å²) in [5, 5.41) is 9.39. The topological polar surface area (TPSA) is 82.9 Å². The molecule has 0 aromatic heterocycles. The lowest BCUT2D eigenvalue weighted by atomic mass is 10.1. The Morgan fingerprint density at radius 3 is 2.67 bits per heavy atom. The summed E-state index contributed by atoms with van der Waals surface area (Å²) in [6.45, 7) is 9.78. The van der Waals surface area contributed by atoms with E-state index in [4.69, 9.17) is 9.47 Å².